The maximum absolute atomic E-state index is 3.40. The average Bonchev–Trinajstić information content (AvgIpc) is 1.97. The minimum absolute atomic E-state index is 0.134. The Hall–Kier alpha value is -0.0800. The van der Waals surface area contributed by atoms with Crippen molar-refractivity contribution in [3.8, 4) is 0 Å². The fourth-order valence-electron chi connectivity index (χ4n) is 1.07. The first-order valence-corrected chi connectivity index (χ1v) is 5.67. The molecule has 0 aromatic carbocycles. The van der Waals surface area contributed by atoms with E-state index in [1.165, 1.54) is 12.8 Å². The fraction of sp³-hybridized carbons (Fsp3) is 1.00. The molecule has 14 heavy (non-hydrogen) atoms. The van der Waals surface area contributed by atoms with Crippen molar-refractivity contribution < 1.29 is 0 Å². The Morgan fingerprint density at radius 1 is 0.929 bits per heavy atom. The van der Waals surface area contributed by atoms with E-state index in [2.05, 4.69) is 59.3 Å². The lowest BCUT2D eigenvalue weighted by molar-refractivity contribution is 0.238. The molecule has 0 unspecified atom stereocenters. The Balaban J connectivity index is 3.83. The molecule has 2 heteroatoms. The van der Waals surface area contributed by atoms with Gasteiger partial charge in [0.25, 0.3) is 0 Å². The van der Waals surface area contributed by atoms with Gasteiger partial charge in [0.1, 0.15) is 0 Å². The van der Waals surface area contributed by atoms with Crippen LogP contribution in [0.4, 0.5) is 0 Å². The first-order valence-electron chi connectivity index (χ1n) is 5.67. The quantitative estimate of drug-likeness (QED) is 0.666. The second kappa shape index (κ2) is 5.13. The molecule has 0 bridgehead atoms. The van der Waals surface area contributed by atoms with E-state index in [4.69, 9.17) is 0 Å². The van der Waals surface area contributed by atoms with Crippen LogP contribution in [-0.4, -0.2) is 11.1 Å². The number of rotatable bonds is 5. The molecule has 0 rings (SSSR count). The van der Waals surface area contributed by atoms with Gasteiger partial charge >= 0.3 is 0 Å². The van der Waals surface area contributed by atoms with Crippen molar-refractivity contribution in [2.75, 3.05) is 0 Å². The number of nitrogens with one attached hydrogen (secondary N) is 2. The lowest BCUT2D eigenvalue weighted by atomic mass is 9.94. The van der Waals surface area contributed by atoms with E-state index in [-0.39, 0.29) is 11.1 Å². The van der Waals surface area contributed by atoms with Crippen LogP contribution in [-0.2, 0) is 0 Å². The Morgan fingerprint density at radius 2 is 1.43 bits per heavy atom. The van der Waals surface area contributed by atoms with Gasteiger partial charge in [-0.15, -0.1) is 0 Å². The molecule has 0 aromatic heterocycles. The zero-order chi connectivity index (χ0) is 11.4. The van der Waals surface area contributed by atoms with Crippen molar-refractivity contribution >= 4 is 0 Å². The molecular formula is C12H28N2. The zero-order valence-electron chi connectivity index (χ0n) is 11.0. The van der Waals surface area contributed by atoms with Gasteiger partial charge in [0, 0.05) is 11.1 Å². The molecule has 0 amide bonds. The fourth-order valence-corrected chi connectivity index (χ4v) is 1.07. The van der Waals surface area contributed by atoms with E-state index in [9.17, 15) is 0 Å². The number of hydrazine groups is 1. The first-order chi connectivity index (χ1) is 6.12. The summed E-state index contributed by atoms with van der Waals surface area (Å²) in [6, 6.07) is 0. The molecule has 0 aliphatic carbocycles. The minimum Gasteiger partial charge on any atom is -0.252 e. The van der Waals surface area contributed by atoms with Crippen LogP contribution in [0.25, 0.3) is 0 Å². The van der Waals surface area contributed by atoms with Gasteiger partial charge < -0.3 is 0 Å². The van der Waals surface area contributed by atoms with E-state index < -0.39 is 0 Å². The highest BCUT2D eigenvalue weighted by Gasteiger charge is 2.19. The molecule has 0 saturated heterocycles. The summed E-state index contributed by atoms with van der Waals surface area (Å²) in [7, 11) is 0. The molecule has 0 saturated carbocycles. The van der Waals surface area contributed by atoms with Crippen LogP contribution in [0, 0.1) is 5.92 Å². The van der Waals surface area contributed by atoms with Gasteiger partial charge in [-0.1, -0.05) is 13.8 Å². The van der Waals surface area contributed by atoms with Crippen molar-refractivity contribution in [3.63, 3.8) is 0 Å². The third kappa shape index (κ3) is 8.52. The van der Waals surface area contributed by atoms with Crippen LogP contribution in [0.5, 0.6) is 0 Å². The summed E-state index contributed by atoms with van der Waals surface area (Å²) in [6.07, 6.45) is 2.47. The van der Waals surface area contributed by atoms with E-state index in [0.29, 0.717) is 0 Å². The monoisotopic (exact) mass is 200 g/mol. The van der Waals surface area contributed by atoms with Gasteiger partial charge in [-0.05, 0) is 53.4 Å². The van der Waals surface area contributed by atoms with Crippen molar-refractivity contribution in [1.29, 1.82) is 0 Å². The van der Waals surface area contributed by atoms with Crippen molar-refractivity contribution in [2.24, 2.45) is 5.92 Å². The SMILES string of the molecule is CC(C)CCC(C)(C)NNC(C)(C)C. The summed E-state index contributed by atoms with van der Waals surface area (Å²) in [6.45, 7) is 15.5. The summed E-state index contributed by atoms with van der Waals surface area (Å²) in [5, 5.41) is 0. The van der Waals surface area contributed by atoms with E-state index in [1.54, 1.807) is 0 Å². The first kappa shape index (κ1) is 13.9. The lowest BCUT2D eigenvalue weighted by Crippen LogP contribution is -2.55. The smallest absolute Gasteiger partial charge is 0.0267 e. The minimum atomic E-state index is 0.134. The van der Waals surface area contributed by atoms with Crippen LogP contribution in [0.15, 0.2) is 0 Å². The Bertz CT molecular complexity index is 154. The third-order valence-corrected chi connectivity index (χ3v) is 2.12. The molecule has 0 aliphatic rings. The van der Waals surface area contributed by atoms with Gasteiger partial charge in [0.15, 0.2) is 0 Å². The van der Waals surface area contributed by atoms with Gasteiger partial charge in [0.2, 0.25) is 0 Å². The highest BCUT2D eigenvalue weighted by Crippen LogP contribution is 2.15. The Kier molecular flexibility index (Phi) is 5.10. The third-order valence-electron chi connectivity index (χ3n) is 2.12. The number of hydrogen-bond donors (Lipinski definition) is 2. The molecule has 0 heterocycles. The van der Waals surface area contributed by atoms with E-state index >= 15 is 0 Å². The van der Waals surface area contributed by atoms with Crippen LogP contribution < -0.4 is 10.9 Å². The van der Waals surface area contributed by atoms with Gasteiger partial charge in [-0.2, -0.15) is 0 Å². The summed E-state index contributed by atoms with van der Waals surface area (Å²) in [5.41, 5.74) is 7.05. The Morgan fingerprint density at radius 3 is 1.79 bits per heavy atom. The van der Waals surface area contributed by atoms with Gasteiger partial charge in [0.05, 0.1) is 0 Å². The molecule has 2 N–H and O–H groups in total. The van der Waals surface area contributed by atoms with Crippen LogP contribution in [0.3, 0.4) is 0 Å². The van der Waals surface area contributed by atoms with Gasteiger partial charge in [-0.25, -0.2) is 0 Å². The van der Waals surface area contributed by atoms with Crippen LogP contribution in [0.2, 0.25) is 0 Å². The second-order valence-electron chi connectivity index (χ2n) is 6.32. The summed E-state index contributed by atoms with van der Waals surface area (Å²) >= 11 is 0. The largest absolute Gasteiger partial charge is 0.252 e. The van der Waals surface area contributed by atoms with E-state index in [1.807, 2.05) is 0 Å². The topological polar surface area (TPSA) is 24.1 Å². The molecule has 0 aromatic rings. The maximum atomic E-state index is 3.40. The summed E-state index contributed by atoms with van der Waals surface area (Å²) in [5.74, 6) is 0.783. The molecule has 2 nitrogen and oxygen atoms in total. The van der Waals surface area contributed by atoms with Crippen molar-refractivity contribution in [1.82, 2.24) is 10.9 Å². The van der Waals surface area contributed by atoms with E-state index in [0.717, 1.165) is 5.92 Å². The second-order valence-corrected chi connectivity index (χ2v) is 6.32. The lowest BCUT2D eigenvalue weighted by Gasteiger charge is -2.32. The van der Waals surface area contributed by atoms with Crippen LogP contribution >= 0.6 is 0 Å². The highest BCUT2D eigenvalue weighted by atomic mass is 15.4. The Labute approximate surface area is 89.8 Å². The molecule has 86 valence electrons. The zero-order valence-corrected chi connectivity index (χ0v) is 11.0. The molecule has 0 fully saturated rings. The molecule has 0 radical (unpaired) electrons. The predicted molar refractivity (Wildman–Crippen MR) is 64.2 cm³/mol. The van der Waals surface area contributed by atoms with Crippen molar-refractivity contribution in [2.45, 2.75) is 72.4 Å². The van der Waals surface area contributed by atoms with Crippen LogP contribution in [0.1, 0.15) is 61.3 Å². The number of hydrogen-bond acceptors (Lipinski definition) is 2. The highest BCUT2D eigenvalue weighted by molar-refractivity contribution is 4.78. The molecule has 0 atom stereocenters. The van der Waals surface area contributed by atoms with Gasteiger partial charge in [-0.3, -0.25) is 10.9 Å². The molecular weight excluding hydrogens is 172 g/mol. The molecule has 0 aliphatic heterocycles. The molecule has 0 spiro atoms. The summed E-state index contributed by atoms with van der Waals surface area (Å²) < 4.78 is 0. The standard InChI is InChI=1S/C12H28N2/c1-10(2)8-9-12(6,7)14-13-11(3,4)5/h10,13-14H,8-9H2,1-7H3. The normalized spacial score (nSPS) is 13.7. The predicted octanol–water partition coefficient (Wildman–Crippen LogP) is 3.09. The van der Waals surface area contributed by atoms with Crippen molar-refractivity contribution in [3.05, 3.63) is 0 Å². The summed E-state index contributed by atoms with van der Waals surface area (Å²) in [4.78, 5) is 0. The average molecular weight is 200 g/mol. The maximum Gasteiger partial charge on any atom is 0.0267 e.